The van der Waals surface area contributed by atoms with E-state index < -0.39 is 21.1 Å². The lowest BCUT2D eigenvalue weighted by molar-refractivity contribution is -0.384. The van der Waals surface area contributed by atoms with Gasteiger partial charge < -0.3 is 0 Å². The van der Waals surface area contributed by atoms with Gasteiger partial charge in [-0.25, -0.2) is 8.42 Å². The fourth-order valence-electron chi connectivity index (χ4n) is 2.32. The van der Waals surface area contributed by atoms with Crippen molar-refractivity contribution >= 4 is 21.4 Å². The highest BCUT2D eigenvalue weighted by molar-refractivity contribution is 7.89. The summed E-state index contributed by atoms with van der Waals surface area (Å²) < 4.78 is 27.2. The summed E-state index contributed by atoms with van der Waals surface area (Å²) in [7, 11) is -3.80. The molecule has 0 aliphatic carbocycles. The molecule has 24 heavy (non-hydrogen) atoms. The van der Waals surface area contributed by atoms with Gasteiger partial charge in [0.2, 0.25) is 10.0 Å². The van der Waals surface area contributed by atoms with E-state index in [0.717, 1.165) is 23.4 Å². The number of rotatable bonds is 5. The molecule has 2 aromatic rings. The lowest BCUT2D eigenvalue weighted by atomic mass is 10.1. The third kappa shape index (κ3) is 3.42. The molecule has 0 bridgehead atoms. The Morgan fingerprint density at radius 1 is 1.12 bits per heavy atom. The molecule has 1 heterocycles. The Hall–Kier alpha value is -2.78. The van der Waals surface area contributed by atoms with Crippen molar-refractivity contribution in [2.45, 2.75) is 17.5 Å². The SMILES string of the molecule is O=[N+]([O-])c1ccc(S(=O)(=O)NC2CC(c3ccccc3)=NN2)cc1. The maximum Gasteiger partial charge on any atom is 0.269 e. The first-order valence-electron chi connectivity index (χ1n) is 7.10. The molecule has 0 radical (unpaired) electrons. The largest absolute Gasteiger partial charge is 0.291 e. The number of hydrogen-bond donors (Lipinski definition) is 2. The first-order chi connectivity index (χ1) is 11.5. The van der Waals surface area contributed by atoms with Gasteiger partial charge in [-0.1, -0.05) is 30.3 Å². The summed E-state index contributed by atoms with van der Waals surface area (Å²) in [5.74, 6) is 0. The maximum absolute atomic E-state index is 12.3. The molecule has 0 fully saturated rings. The highest BCUT2D eigenvalue weighted by Crippen LogP contribution is 2.17. The third-order valence-electron chi connectivity index (χ3n) is 3.52. The van der Waals surface area contributed by atoms with E-state index in [1.807, 2.05) is 30.3 Å². The van der Waals surface area contributed by atoms with Crippen molar-refractivity contribution in [2.24, 2.45) is 5.10 Å². The van der Waals surface area contributed by atoms with Gasteiger partial charge in [-0.05, 0) is 17.7 Å². The smallest absolute Gasteiger partial charge is 0.269 e. The molecule has 1 aliphatic rings. The predicted molar refractivity (Wildman–Crippen MR) is 87.9 cm³/mol. The van der Waals surface area contributed by atoms with Crippen LogP contribution in [0.15, 0.2) is 64.6 Å². The van der Waals surface area contributed by atoms with Crippen LogP contribution in [0.4, 0.5) is 5.69 Å². The number of nitrogens with one attached hydrogen (secondary N) is 2. The van der Waals surface area contributed by atoms with Crippen LogP contribution in [0.3, 0.4) is 0 Å². The molecule has 1 unspecified atom stereocenters. The number of nitro groups is 1. The molecule has 124 valence electrons. The second kappa shape index (κ2) is 6.38. The van der Waals surface area contributed by atoms with E-state index in [4.69, 9.17) is 0 Å². The van der Waals surface area contributed by atoms with Gasteiger partial charge >= 0.3 is 0 Å². The molecule has 3 rings (SSSR count). The van der Waals surface area contributed by atoms with Crippen molar-refractivity contribution in [3.05, 3.63) is 70.3 Å². The molecule has 2 aromatic carbocycles. The van der Waals surface area contributed by atoms with Crippen LogP contribution in [-0.2, 0) is 10.0 Å². The van der Waals surface area contributed by atoms with Gasteiger partial charge in [0.1, 0.15) is 6.17 Å². The molecule has 0 aromatic heterocycles. The van der Waals surface area contributed by atoms with Crippen molar-refractivity contribution in [3.8, 4) is 0 Å². The van der Waals surface area contributed by atoms with Crippen LogP contribution in [0.5, 0.6) is 0 Å². The lowest BCUT2D eigenvalue weighted by Gasteiger charge is -2.12. The van der Waals surface area contributed by atoms with E-state index in [2.05, 4.69) is 15.2 Å². The first-order valence-corrected chi connectivity index (χ1v) is 8.58. The normalized spacial score (nSPS) is 17.2. The van der Waals surface area contributed by atoms with Gasteiger partial charge in [0, 0.05) is 18.6 Å². The van der Waals surface area contributed by atoms with Crippen LogP contribution >= 0.6 is 0 Å². The summed E-state index contributed by atoms with van der Waals surface area (Å²) in [6.07, 6.45) is -0.170. The highest BCUT2D eigenvalue weighted by Gasteiger charge is 2.25. The molecule has 0 amide bonds. The van der Waals surface area contributed by atoms with Crippen molar-refractivity contribution in [1.29, 1.82) is 0 Å². The van der Waals surface area contributed by atoms with E-state index in [-0.39, 0.29) is 10.6 Å². The Labute approximate surface area is 138 Å². The monoisotopic (exact) mass is 346 g/mol. The Morgan fingerprint density at radius 3 is 2.42 bits per heavy atom. The Morgan fingerprint density at radius 2 is 1.79 bits per heavy atom. The zero-order valence-electron chi connectivity index (χ0n) is 12.4. The molecule has 0 spiro atoms. The van der Waals surface area contributed by atoms with Crippen LogP contribution in [0.25, 0.3) is 0 Å². The number of nitrogens with zero attached hydrogens (tertiary/aromatic N) is 2. The average Bonchev–Trinajstić information content (AvgIpc) is 3.03. The Balaban J connectivity index is 1.69. The summed E-state index contributed by atoms with van der Waals surface area (Å²) >= 11 is 0. The fourth-order valence-corrected chi connectivity index (χ4v) is 3.46. The molecular formula is C15H14N4O4S. The third-order valence-corrected chi connectivity index (χ3v) is 5.00. The van der Waals surface area contributed by atoms with Gasteiger partial charge in [-0.3, -0.25) is 15.5 Å². The Bertz CT molecular complexity index is 879. The molecule has 1 atom stereocenters. The van der Waals surface area contributed by atoms with Crippen LogP contribution in [0, 0.1) is 10.1 Å². The molecule has 0 saturated carbocycles. The van der Waals surface area contributed by atoms with Crippen molar-refractivity contribution in [1.82, 2.24) is 10.1 Å². The molecule has 2 N–H and O–H groups in total. The first kappa shape index (κ1) is 16.1. The lowest BCUT2D eigenvalue weighted by Crippen LogP contribution is -2.40. The Kier molecular flexibility index (Phi) is 4.28. The molecular weight excluding hydrogens is 332 g/mol. The zero-order chi connectivity index (χ0) is 17.2. The fraction of sp³-hybridized carbons (Fsp3) is 0.133. The van der Waals surface area contributed by atoms with Gasteiger partial charge in [0.25, 0.3) is 5.69 Å². The van der Waals surface area contributed by atoms with E-state index >= 15 is 0 Å². The van der Waals surface area contributed by atoms with E-state index in [9.17, 15) is 18.5 Å². The number of benzene rings is 2. The van der Waals surface area contributed by atoms with Crippen LogP contribution in [0.1, 0.15) is 12.0 Å². The summed E-state index contributed by atoms with van der Waals surface area (Å²) in [5, 5.41) is 14.8. The van der Waals surface area contributed by atoms with Crippen LogP contribution < -0.4 is 10.1 Å². The average molecular weight is 346 g/mol. The quantitative estimate of drug-likeness (QED) is 0.630. The summed E-state index contributed by atoms with van der Waals surface area (Å²) in [6, 6.07) is 14.2. The standard InChI is InChI=1S/C15H14N4O4S/c20-19(21)12-6-8-13(9-7-12)24(22,23)18-15-10-14(16-17-15)11-4-2-1-3-5-11/h1-9,15,17-18H,10H2. The predicted octanol–water partition coefficient (Wildman–Crippen LogP) is 1.60. The number of hydrazone groups is 1. The number of non-ortho nitro benzene ring substituents is 1. The second-order valence-corrected chi connectivity index (χ2v) is 6.90. The van der Waals surface area contributed by atoms with Crippen molar-refractivity contribution in [3.63, 3.8) is 0 Å². The number of sulfonamides is 1. The zero-order valence-corrected chi connectivity index (χ0v) is 13.2. The highest BCUT2D eigenvalue weighted by atomic mass is 32.2. The number of hydrogen-bond acceptors (Lipinski definition) is 6. The maximum atomic E-state index is 12.3. The summed E-state index contributed by atoms with van der Waals surface area (Å²) in [6.45, 7) is 0. The topological polar surface area (TPSA) is 114 Å². The van der Waals surface area contributed by atoms with Crippen molar-refractivity contribution < 1.29 is 13.3 Å². The van der Waals surface area contributed by atoms with Crippen LogP contribution in [-0.4, -0.2) is 25.2 Å². The van der Waals surface area contributed by atoms with Gasteiger partial charge in [-0.2, -0.15) is 9.82 Å². The van der Waals surface area contributed by atoms with Gasteiger partial charge in [-0.15, -0.1) is 0 Å². The minimum absolute atomic E-state index is 0.0388. The van der Waals surface area contributed by atoms with E-state index in [0.29, 0.717) is 6.42 Å². The van der Waals surface area contributed by atoms with Crippen molar-refractivity contribution in [2.75, 3.05) is 0 Å². The molecule has 9 heteroatoms. The van der Waals surface area contributed by atoms with Gasteiger partial charge in [0.15, 0.2) is 0 Å². The minimum Gasteiger partial charge on any atom is -0.291 e. The van der Waals surface area contributed by atoms with Crippen LogP contribution in [0.2, 0.25) is 0 Å². The molecule has 0 saturated heterocycles. The van der Waals surface area contributed by atoms with Gasteiger partial charge in [0.05, 0.1) is 15.5 Å². The number of nitro benzene ring substituents is 1. The second-order valence-electron chi connectivity index (χ2n) is 5.18. The van der Waals surface area contributed by atoms with E-state index in [1.54, 1.807) is 0 Å². The molecule has 8 nitrogen and oxygen atoms in total. The summed E-state index contributed by atoms with van der Waals surface area (Å²) in [4.78, 5) is 10.0. The van der Waals surface area contributed by atoms with E-state index in [1.165, 1.54) is 12.1 Å². The minimum atomic E-state index is -3.80. The molecule has 1 aliphatic heterocycles. The summed E-state index contributed by atoms with van der Waals surface area (Å²) in [5.41, 5.74) is 4.26.